The van der Waals surface area contributed by atoms with Gasteiger partial charge in [0.15, 0.2) is 0 Å². The van der Waals surface area contributed by atoms with Crippen molar-refractivity contribution in [3.8, 4) is 0 Å². The molecule has 0 saturated carbocycles. The smallest absolute Gasteiger partial charge is 0.100 e. The molecule has 1 aliphatic heterocycles. The van der Waals surface area contributed by atoms with Crippen LogP contribution in [0, 0.1) is 0 Å². The van der Waals surface area contributed by atoms with Crippen LogP contribution in [-0.2, 0) is 0 Å². The van der Waals surface area contributed by atoms with Gasteiger partial charge in [0.2, 0.25) is 0 Å². The minimum atomic E-state index is 1.06. The van der Waals surface area contributed by atoms with E-state index in [1.54, 1.807) is 0 Å². The van der Waals surface area contributed by atoms with E-state index in [2.05, 4.69) is 23.3 Å². The third-order valence-corrected chi connectivity index (χ3v) is 1.44. The molecule has 2 nitrogen and oxygen atoms in total. The highest BCUT2D eigenvalue weighted by atomic mass is 15.0. The summed E-state index contributed by atoms with van der Waals surface area (Å²) in [5.74, 6) is 1.11. The molecule has 1 aliphatic rings. The maximum absolute atomic E-state index is 4.06. The fraction of sp³-hybridized carbons (Fsp3) is 0.571. The first kappa shape index (κ1) is 6.33. The zero-order chi connectivity index (χ0) is 6.69. The molecule has 0 spiro atoms. The first-order valence-electron chi connectivity index (χ1n) is 3.22. The van der Waals surface area contributed by atoms with E-state index < -0.39 is 0 Å². The first-order chi connectivity index (χ1) is 4.33. The Morgan fingerprint density at radius 3 is 2.89 bits per heavy atom. The van der Waals surface area contributed by atoms with Crippen LogP contribution in [0.5, 0.6) is 0 Å². The van der Waals surface area contributed by atoms with Crippen LogP contribution in [0.25, 0.3) is 0 Å². The average molecular weight is 124 g/mol. The van der Waals surface area contributed by atoms with Crippen molar-refractivity contribution in [3.63, 3.8) is 0 Å². The first-order valence-corrected chi connectivity index (χ1v) is 3.22. The highest BCUT2D eigenvalue weighted by molar-refractivity contribution is 5.84. The molecule has 2 heteroatoms. The fourth-order valence-corrected chi connectivity index (χ4v) is 0.934. The lowest BCUT2D eigenvalue weighted by Crippen LogP contribution is -2.24. The van der Waals surface area contributed by atoms with Gasteiger partial charge in [-0.05, 0) is 13.3 Å². The second-order valence-corrected chi connectivity index (χ2v) is 2.22. The Morgan fingerprint density at radius 1 is 1.67 bits per heavy atom. The van der Waals surface area contributed by atoms with Gasteiger partial charge in [0, 0.05) is 19.2 Å². The molecule has 0 fully saturated rings. The van der Waals surface area contributed by atoms with E-state index in [-0.39, 0.29) is 0 Å². The Morgan fingerprint density at radius 2 is 2.44 bits per heavy atom. The number of hydrogen-bond acceptors (Lipinski definition) is 1. The Kier molecular flexibility index (Phi) is 1.88. The summed E-state index contributed by atoms with van der Waals surface area (Å²) in [4.78, 5) is 4.06. The van der Waals surface area contributed by atoms with Crippen LogP contribution < -0.4 is 5.32 Å². The van der Waals surface area contributed by atoms with Crippen LogP contribution >= 0.6 is 0 Å². The summed E-state index contributed by atoms with van der Waals surface area (Å²) in [5, 5.41) is 3.18. The monoisotopic (exact) mass is 124 g/mol. The third-order valence-electron chi connectivity index (χ3n) is 1.44. The van der Waals surface area contributed by atoms with Gasteiger partial charge >= 0.3 is 0 Å². The highest BCUT2D eigenvalue weighted by Gasteiger charge is 2.01. The minimum Gasteiger partial charge on any atom is -0.348 e. The topological polar surface area (TPSA) is 24.4 Å². The molecule has 0 amide bonds. The molecular weight excluding hydrogens is 112 g/mol. The van der Waals surface area contributed by atoms with Gasteiger partial charge in [-0.15, -0.1) is 0 Å². The summed E-state index contributed by atoms with van der Waals surface area (Å²) in [5.41, 5.74) is 1.22. The van der Waals surface area contributed by atoms with E-state index >= 15 is 0 Å². The number of nitrogens with one attached hydrogen (secondary N) is 1. The number of nitrogens with zero attached hydrogens (tertiary/aromatic N) is 1. The van der Waals surface area contributed by atoms with Crippen LogP contribution in [0.2, 0.25) is 0 Å². The van der Waals surface area contributed by atoms with E-state index in [1.807, 2.05) is 7.05 Å². The van der Waals surface area contributed by atoms with E-state index in [0.717, 1.165) is 18.7 Å². The SMILES string of the molecule is CN=C1CCC=C(C)N1. The summed E-state index contributed by atoms with van der Waals surface area (Å²) in [7, 11) is 1.82. The van der Waals surface area contributed by atoms with Crippen molar-refractivity contribution in [1.82, 2.24) is 5.32 Å². The molecule has 1 rings (SSSR count). The van der Waals surface area contributed by atoms with Gasteiger partial charge in [-0.3, -0.25) is 4.99 Å². The van der Waals surface area contributed by atoms with Crippen LogP contribution in [0.1, 0.15) is 19.8 Å². The Hall–Kier alpha value is -0.790. The Bertz CT molecular complexity index is 156. The third kappa shape index (κ3) is 1.56. The molecule has 1 heterocycles. The maximum Gasteiger partial charge on any atom is 0.100 e. The lowest BCUT2D eigenvalue weighted by Gasteiger charge is -2.13. The normalized spacial score (nSPS) is 23.3. The predicted octanol–water partition coefficient (Wildman–Crippen LogP) is 1.30. The summed E-state index contributed by atoms with van der Waals surface area (Å²) in [6.07, 6.45) is 4.38. The quantitative estimate of drug-likeness (QED) is 0.517. The van der Waals surface area contributed by atoms with E-state index in [1.165, 1.54) is 5.70 Å². The molecule has 0 saturated heterocycles. The summed E-state index contributed by atoms with van der Waals surface area (Å²) < 4.78 is 0. The molecule has 0 radical (unpaired) electrons. The zero-order valence-corrected chi connectivity index (χ0v) is 5.94. The van der Waals surface area contributed by atoms with Gasteiger partial charge in [0.1, 0.15) is 5.84 Å². The molecule has 0 aromatic rings. The standard InChI is InChI=1S/C7H12N2/c1-6-4-3-5-7(8-2)9-6/h4H,3,5H2,1-2H3,(H,8,9). The van der Waals surface area contributed by atoms with Gasteiger partial charge in [0.05, 0.1) is 0 Å². The molecule has 0 unspecified atom stereocenters. The molecule has 0 atom stereocenters. The largest absolute Gasteiger partial charge is 0.348 e. The highest BCUT2D eigenvalue weighted by Crippen LogP contribution is 2.03. The van der Waals surface area contributed by atoms with Crippen LogP contribution in [-0.4, -0.2) is 12.9 Å². The van der Waals surface area contributed by atoms with Crippen molar-refractivity contribution in [3.05, 3.63) is 11.8 Å². The molecule has 0 aromatic heterocycles. The maximum atomic E-state index is 4.06. The molecule has 50 valence electrons. The van der Waals surface area contributed by atoms with E-state index in [0.29, 0.717) is 0 Å². The molecule has 0 aliphatic carbocycles. The number of hydrogen-bond donors (Lipinski definition) is 1. The van der Waals surface area contributed by atoms with Gasteiger partial charge in [0.25, 0.3) is 0 Å². The predicted molar refractivity (Wildman–Crippen MR) is 39.5 cm³/mol. The minimum absolute atomic E-state index is 1.06. The van der Waals surface area contributed by atoms with Crippen molar-refractivity contribution in [2.24, 2.45) is 4.99 Å². The van der Waals surface area contributed by atoms with Crippen LogP contribution in [0.15, 0.2) is 16.8 Å². The van der Waals surface area contributed by atoms with Gasteiger partial charge in [-0.2, -0.15) is 0 Å². The summed E-state index contributed by atoms with van der Waals surface area (Å²) in [6, 6.07) is 0. The van der Waals surface area contributed by atoms with Crippen molar-refractivity contribution in [2.45, 2.75) is 19.8 Å². The number of amidine groups is 1. The van der Waals surface area contributed by atoms with Crippen LogP contribution in [0.4, 0.5) is 0 Å². The lowest BCUT2D eigenvalue weighted by atomic mass is 10.2. The second-order valence-electron chi connectivity index (χ2n) is 2.22. The molecule has 9 heavy (non-hydrogen) atoms. The van der Waals surface area contributed by atoms with Crippen molar-refractivity contribution in [1.29, 1.82) is 0 Å². The van der Waals surface area contributed by atoms with Gasteiger partial charge < -0.3 is 5.32 Å². The fourth-order valence-electron chi connectivity index (χ4n) is 0.934. The number of rotatable bonds is 0. The second kappa shape index (κ2) is 2.67. The molecule has 0 bridgehead atoms. The lowest BCUT2D eigenvalue weighted by molar-refractivity contribution is 0.920. The zero-order valence-electron chi connectivity index (χ0n) is 5.94. The van der Waals surface area contributed by atoms with E-state index in [9.17, 15) is 0 Å². The molecule has 0 aromatic carbocycles. The molecular formula is C7H12N2. The molecule has 1 N–H and O–H groups in total. The van der Waals surface area contributed by atoms with Gasteiger partial charge in [-0.1, -0.05) is 6.08 Å². The van der Waals surface area contributed by atoms with Crippen molar-refractivity contribution < 1.29 is 0 Å². The summed E-state index contributed by atoms with van der Waals surface area (Å²) in [6.45, 7) is 2.06. The Labute approximate surface area is 55.7 Å². The van der Waals surface area contributed by atoms with Crippen LogP contribution in [0.3, 0.4) is 0 Å². The number of aliphatic imine (C=N–C) groups is 1. The average Bonchev–Trinajstić information content (AvgIpc) is 1.88. The number of allylic oxidation sites excluding steroid dienone is 2. The van der Waals surface area contributed by atoms with E-state index in [4.69, 9.17) is 0 Å². The Balaban J connectivity index is 2.59. The summed E-state index contributed by atoms with van der Waals surface area (Å²) >= 11 is 0. The van der Waals surface area contributed by atoms with Crippen molar-refractivity contribution in [2.75, 3.05) is 7.05 Å². The van der Waals surface area contributed by atoms with Crippen molar-refractivity contribution >= 4 is 5.84 Å². The van der Waals surface area contributed by atoms with Gasteiger partial charge in [-0.25, -0.2) is 0 Å².